The molecule has 1 aromatic carbocycles. The van der Waals surface area contributed by atoms with Gasteiger partial charge in [-0.2, -0.15) is 0 Å². The standard InChI is InChI=1S/C17H23N3/c18-10-3-4-14-8-12-20(13-9-14)17-16-6-2-1-5-15(16)7-11-19-17/h1-2,5-7,11,14H,3-4,8-10,12-13,18H2. The van der Waals surface area contributed by atoms with Crippen LogP contribution in [0.4, 0.5) is 5.82 Å². The number of nitrogens with zero attached hydrogens (tertiary/aromatic N) is 2. The Morgan fingerprint density at radius 1 is 1.15 bits per heavy atom. The van der Waals surface area contributed by atoms with Crippen LogP contribution in [0.3, 0.4) is 0 Å². The predicted molar refractivity (Wildman–Crippen MR) is 85.0 cm³/mol. The molecule has 0 aliphatic carbocycles. The summed E-state index contributed by atoms with van der Waals surface area (Å²) in [6, 6.07) is 10.6. The van der Waals surface area contributed by atoms with Crippen LogP contribution in [0.25, 0.3) is 10.8 Å². The number of hydrogen-bond donors (Lipinski definition) is 1. The molecule has 0 unspecified atom stereocenters. The van der Waals surface area contributed by atoms with Crippen LogP contribution in [-0.4, -0.2) is 24.6 Å². The second-order valence-corrected chi connectivity index (χ2v) is 5.72. The van der Waals surface area contributed by atoms with Crippen LogP contribution < -0.4 is 10.6 Å². The van der Waals surface area contributed by atoms with Crippen molar-refractivity contribution in [2.45, 2.75) is 25.7 Å². The molecule has 0 bridgehead atoms. The summed E-state index contributed by atoms with van der Waals surface area (Å²) in [5.41, 5.74) is 5.61. The lowest BCUT2D eigenvalue weighted by molar-refractivity contribution is 0.374. The summed E-state index contributed by atoms with van der Waals surface area (Å²) < 4.78 is 0. The fraction of sp³-hybridized carbons (Fsp3) is 0.471. The molecule has 3 rings (SSSR count). The van der Waals surface area contributed by atoms with E-state index in [0.717, 1.165) is 37.8 Å². The van der Waals surface area contributed by atoms with Crippen molar-refractivity contribution in [1.82, 2.24) is 4.98 Å². The molecule has 2 heterocycles. The third-order valence-corrected chi connectivity index (χ3v) is 4.38. The number of pyridine rings is 1. The second kappa shape index (κ2) is 6.23. The number of nitrogens with two attached hydrogens (primary N) is 1. The van der Waals surface area contributed by atoms with Crippen molar-refractivity contribution in [1.29, 1.82) is 0 Å². The molecule has 1 fully saturated rings. The van der Waals surface area contributed by atoms with Crippen molar-refractivity contribution < 1.29 is 0 Å². The lowest BCUT2D eigenvalue weighted by atomic mass is 9.92. The number of aromatic nitrogens is 1. The second-order valence-electron chi connectivity index (χ2n) is 5.72. The van der Waals surface area contributed by atoms with Crippen LogP contribution >= 0.6 is 0 Å². The third kappa shape index (κ3) is 2.78. The number of fused-ring (bicyclic) bond motifs is 1. The number of piperidine rings is 1. The Balaban J connectivity index is 1.74. The Bertz CT molecular complexity index is 554. The summed E-state index contributed by atoms with van der Waals surface area (Å²) in [5, 5.41) is 2.55. The average molecular weight is 269 g/mol. The highest BCUT2D eigenvalue weighted by Gasteiger charge is 2.20. The van der Waals surface area contributed by atoms with E-state index in [1.54, 1.807) is 0 Å². The molecule has 1 aromatic heterocycles. The molecule has 20 heavy (non-hydrogen) atoms. The van der Waals surface area contributed by atoms with Gasteiger partial charge in [0.2, 0.25) is 0 Å². The summed E-state index contributed by atoms with van der Waals surface area (Å²) in [4.78, 5) is 7.07. The Kier molecular flexibility index (Phi) is 4.16. The maximum absolute atomic E-state index is 5.61. The quantitative estimate of drug-likeness (QED) is 0.927. The van der Waals surface area contributed by atoms with Gasteiger partial charge < -0.3 is 10.6 Å². The molecule has 1 saturated heterocycles. The molecular formula is C17H23N3. The molecule has 2 aromatic rings. The van der Waals surface area contributed by atoms with Crippen molar-refractivity contribution in [3.8, 4) is 0 Å². The Morgan fingerprint density at radius 2 is 1.95 bits per heavy atom. The minimum atomic E-state index is 0.824. The molecule has 0 atom stereocenters. The monoisotopic (exact) mass is 269 g/mol. The zero-order chi connectivity index (χ0) is 13.8. The number of anilines is 1. The van der Waals surface area contributed by atoms with E-state index in [1.807, 2.05) is 6.20 Å². The molecule has 1 aliphatic heterocycles. The Morgan fingerprint density at radius 3 is 2.75 bits per heavy atom. The van der Waals surface area contributed by atoms with Crippen molar-refractivity contribution in [2.24, 2.45) is 11.7 Å². The smallest absolute Gasteiger partial charge is 0.136 e. The van der Waals surface area contributed by atoms with Crippen LogP contribution in [0.1, 0.15) is 25.7 Å². The fourth-order valence-corrected chi connectivity index (χ4v) is 3.20. The van der Waals surface area contributed by atoms with Gasteiger partial charge in [0.05, 0.1) is 0 Å². The summed E-state index contributed by atoms with van der Waals surface area (Å²) in [7, 11) is 0. The van der Waals surface area contributed by atoms with E-state index in [1.165, 1.54) is 30.0 Å². The van der Waals surface area contributed by atoms with Crippen LogP contribution in [0.2, 0.25) is 0 Å². The highest BCUT2D eigenvalue weighted by molar-refractivity contribution is 5.92. The average Bonchev–Trinajstić information content (AvgIpc) is 2.53. The minimum absolute atomic E-state index is 0.824. The van der Waals surface area contributed by atoms with E-state index < -0.39 is 0 Å². The molecule has 2 N–H and O–H groups in total. The van der Waals surface area contributed by atoms with E-state index in [9.17, 15) is 0 Å². The van der Waals surface area contributed by atoms with Crippen LogP contribution in [-0.2, 0) is 0 Å². The zero-order valence-electron chi connectivity index (χ0n) is 12.0. The Hall–Kier alpha value is -1.61. The number of hydrogen-bond acceptors (Lipinski definition) is 3. The van der Waals surface area contributed by atoms with Gasteiger partial charge in [-0.05, 0) is 49.6 Å². The van der Waals surface area contributed by atoms with Crippen molar-refractivity contribution >= 4 is 16.6 Å². The van der Waals surface area contributed by atoms with Gasteiger partial charge in [0.1, 0.15) is 5.82 Å². The van der Waals surface area contributed by atoms with Gasteiger partial charge >= 0.3 is 0 Å². The van der Waals surface area contributed by atoms with Gasteiger partial charge in [0.15, 0.2) is 0 Å². The lowest BCUT2D eigenvalue weighted by Gasteiger charge is -2.33. The van der Waals surface area contributed by atoms with Gasteiger partial charge in [0, 0.05) is 24.7 Å². The van der Waals surface area contributed by atoms with E-state index >= 15 is 0 Å². The molecule has 106 valence electrons. The summed E-state index contributed by atoms with van der Waals surface area (Å²) in [6.07, 6.45) is 6.92. The molecular weight excluding hydrogens is 246 g/mol. The van der Waals surface area contributed by atoms with Gasteiger partial charge in [-0.25, -0.2) is 4.98 Å². The van der Waals surface area contributed by atoms with Gasteiger partial charge in [-0.15, -0.1) is 0 Å². The Labute approximate surface area is 120 Å². The number of rotatable bonds is 4. The van der Waals surface area contributed by atoms with E-state index in [0.29, 0.717) is 0 Å². The van der Waals surface area contributed by atoms with Crippen LogP contribution in [0.5, 0.6) is 0 Å². The first kappa shape index (κ1) is 13.4. The van der Waals surface area contributed by atoms with E-state index in [4.69, 9.17) is 5.73 Å². The predicted octanol–water partition coefficient (Wildman–Crippen LogP) is 3.19. The first-order valence-electron chi connectivity index (χ1n) is 7.67. The SMILES string of the molecule is NCCCC1CCN(c2nccc3ccccc23)CC1. The first-order chi connectivity index (χ1) is 9.88. The van der Waals surface area contributed by atoms with Crippen molar-refractivity contribution in [3.05, 3.63) is 36.5 Å². The summed E-state index contributed by atoms with van der Waals surface area (Å²) in [5.74, 6) is 2.00. The molecule has 3 nitrogen and oxygen atoms in total. The third-order valence-electron chi connectivity index (χ3n) is 4.38. The number of benzene rings is 1. The highest BCUT2D eigenvalue weighted by Crippen LogP contribution is 2.29. The van der Waals surface area contributed by atoms with Gasteiger partial charge in [-0.3, -0.25) is 0 Å². The minimum Gasteiger partial charge on any atom is -0.356 e. The molecule has 0 amide bonds. The van der Waals surface area contributed by atoms with Crippen molar-refractivity contribution in [2.75, 3.05) is 24.5 Å². The summed E-state index contributed by atoms with van der Waals surface area (Å²) >= 11 is 0. The first-order valence-corrected chi connectivity index (χ1v) is 7.67. The topological polar surface area (TPSA) is 42.1 Å². The molecule has 0 spiro atoms. The maximum atomic E-state index is 5.61. The van der Waals surface area contributed by atoms with Crippen LogP contribution in [0.15, 0.2) is 36.5 Å². The van der Waals surface area contributed by atoms with Gasteiger partial charge in [0.25, 0.3) is 0 Å². The van der Waals surface area contributed by atoms with Crippen LogP contribution in [0, 0.1) is 5.92 Å². The molecule has 0 radical (unpaired) electrons. The maximum Gasteiger partial charge on any atom is 0.136 e. The fourth-order valence-electron chi connectivity index (χ4n) is 3.20. The zero-order valence-corrected chi connectivity index (χ0v) is 12.0. The largest absolute Gasteiger partial charge is 0.356 e. The lowest BCUT2D eigenvalue weighted by Crippen LogP contribution is -2.34. The molecule has 3 heteroatoms. The highest BCUT2D eigenvalue weighted by atomic mass is 15.2. The molecule has 0 saturated carbocycles. The van der Waals surface area contributed by atoms with E-state index in [2.05, 4.69) is 40.2 Å². The van der Waals surface area contributed by atoms with E-state index in [-0.39, 0.29) is 0 Å². The van der Waals surface area contributed by atoms with Crippen molar-refractivity contribution in [3.63, 3.8) is 0 Å². The summed E-state index contributed by atoms with van der Waals surface area (Å²) in [6.45, 7) is 3.07. The van der Waals surface area contributed by atoms with Gasteiger partial charge in [-0.1, -0.05) is 24.3 Å². The normalized spacial score (nSPS) is 16.8. The molecule has 1 aliphatic rings.